The van der Waals surface area contributed by atoms with Gasteiger partial charge in [-0.05, 0) is 24.3 Å². The molecular formula is C16H13ClN2O2. The molecule has 0 aliphatic heterocycles. The molecular weight excluding hydrogens is 288 g/mol. The van der Waals surface area contributed by atoms with Gasteiger partial charge < -0.3 is 5.11 Å². The molecule has 21 heavy (non-hydrogen) atoms. The SMILES string of the molecule is CC(=O)C(N=Nc1ccc(Cl)cc1)=C(O)c1ccccc1. The summed E-state index contributed by atoms with van der Waals surface area (Å²) in [5, 5.41) is 18.5. The first-order valence-electron chi connectivity index (χ1n) is 6.25. The second kappa shape index (κ2) is 6.81. The van der Waals surface area contributed by atoms with Gasteiger partial charge in [0, 0.05) is 17.5 Å². The highest BCUT2D eigenvalue weighted by molar-refractivity contribution is 6.30. The van der Waals surface area contributed by atoms with Crippen LogP contribution in [-0.4, -0.2) is 10.9 Å². The van der Waals surface area contributed by atoms with Crippen molar-refractivity contribution < 1.29 is 9.90 Å². The quantitative estimate of drug-likeness (QED) is 0.494. The molecule has 0 atom stereocenters. The molecule has 0 fully saturated rings. The van der Waals surface area contributed by atoms with Gasteiger partial charge in [0.25, 0.3) is 0 Å². The van der Waals surface area contributed by atoms with Crippen molar-refractivity contribution in [3.8, 4) is 0 Å². The van der Waals surface area contributed by atoms with Crippen LogP contribution in [0.3, 0.4) is 0 Å². The first kappa shape index (κ1) is 14.9. The van der Waals surface area contributed by atoms with Crippen LogP contribution >= 0.6 is 11.6 Å². The third-order valence-electron chi connectivity index (χ3n) is 2.70. The lowest BCUT2D eigenvalue weighted by atomic mass is 10.1. The zero-order valence-corrected chi connectivity index (χ0v) is 12.1. The number of ketones is 1. The summed E-state index contributed by atoms with van der Waals surface area (Å²) in [6.45, 7) is 1.33. The third-order valence-corrected chi connectivity index (χ3v) is 2.95. The fraction of sp³-hybridized carbons (Fsp3) is 0.0625. The van der Waals surface area contributed by atoms with E-state index in [0.29, 0.717) is 16.3 Å². The first-order valence-corrected chi connectivity index (χ1v) is 6.62. The predicted octanol–water partition coefficient (Wildman–Crippen LogP) is 4.94. The Balaban J connectivity index is 2.36. The maximum Gasteiger partial charge on any atom is 0.183 e. The molecule has 0 heterocycles. The highest BCUT2D eigenvalue weighted by Crippen LogP contribution is 2.21. The number of aliphatic hydroxyl groups excluding tert-OH is 1. The number of azo groups is 1. The normalized spacial score (nSPS) is 12.3. The molecule has 2 aromatic carbocycles. The minimum atomic E-state index is -0.367. The number of allylic oxidation sites excluding steroid dienone is 1. The van der Waals surface area contributed by atoms with E-state index >= 15 is 0 Å². The van der Waals surface area contributed by atoms with Crippen molar-refractivity contribution >= 4 is 28.8 Å². The van der Waals surface area contributed by atoms with Crippen LogP contribution in [-0.2, 0) is 4.79 Å². The van der Waals surface area contributed by atoms with Crippen LogP contribution in [0.1, 0.15) is 12.5 Å². The van der Waals surface area contributed by atoms with Gasteiger partial charge in [0.05, 0.1) is 5.69 Å². The maximum absolute atomic E-state index is 11.6. The average molecular weight is 301 g/mol. The predicted molar refractivity (Wildman–Crippen MR) is 82.6 cm³/mol. The van der Waals surface area contributed by atoms with Gasteiger partial charge >= 0.3 is 0 Å². The number of hydrogen-bond acceptors (Lipinski definition) is 4. The molecule has 4 nitrogen and oxygen atoms in total. The second-order valence-electron chi connectivity index (χ2n) is 4.30. The zero-order valence-electron chi connectivity index (χ0n) is 11.3. The van der Waals surface area contributed by atoms with Crippen LogP contribution in [0.4, 0.5) is 5.69 Å². The van der Waals surface area contributed by atoms with Crippen molar-refractivity contribution in [1.82, 2.24) is 0 Å². The lowest BCUT2D eigenvalue weighted by molar-refractivity contribution is -0.113. The summed E-state index contributed by atoms with van der Waals surface area (Å²) >= 11 is 5.78. The Morgan fingerprint density at radius 2 is 1.67 bits per heavy atom. The smallest absolute Gasteiger partial charge is 0.183 e. The topological polar surface area (TPSA) is 62.0 Å². The number of aliphatic hydroxyl groups is 1. The molecule has 2 aromatic rings. The van der Waals surface area contributed by atoms with E-state index in [1.807, 2.05) is 6.07 Å². The number of Topliss-reactive ketones (excluding diaryl/α,β-unsaturated/α-hetero) is 1. The van der Waals surface area contributed by atoms with Crippen LogP contribution < -0.4 is 0 Å². The van der Waals surface area contributed by atoms with Crippen molar-refractivity contribution in [1.29, 1.82) is 0 Å². The van der Waals surface area contributed by atoms with Crippen LogP contribution in [0.5, 0.6) is 0 Å². The molecule has 5 heteroatoms. The molecule has 0 saturated carbocycles. The van der Waals surface area contributed by atoms with Gasteiger partial charge in [-0.2, -0.15) is 5.11 Å². The minimum absolute atomic E-state index is 0.0869. The molecule has 0 unspecified atom stereocenters. The number of halogens is 1. The van der Waals surface area contributed by atoms with Crippen LogP contribution in [0.2, 0.25) is 5.02 Å². The molecule has 0 bridgehead atoms. The summed E-state index contributed by atoms with van der Waals surface area (Å²) in [6.07, 6.45) is 0. The molecule has 0 aliphatic rings. The van der Waals surface area contributed by atoms with Crippen molar-refractivity contribution in [2.24, 2.45) is 10.2 Å². The van der Waals surface area contributed by atoms with Crippen molar-refractivity contribution in [3.05, 3.63) is 70.9 Å². The number of hydrogen-bond donors (Lipinski definition) is 1. The number of carbonyl (C=O) groups excluding carboxylic acids is 1. The number of carbonyl (C=O) groups is 1. The largest absolute Gasteiger partial charge is 0.505 e. The Labute approximate surface area is 127 Å². The Kier molecular flexibility index (Phi) is 4.85. The highest BCUT2D eigenvalue weighted by Gasteiger charge is 2.12. The summed E-state index contributed by atoms with van der Waals surface area (Å²) in [6, 6.07) is 15.4. The lowest BCUT2D eigenvalue weighted by Gasteiger charge is -2.03. The Morgan fingerprint density at radius 3 is 2.24 bits per heavy atom. The molecule has 106 valence electrons. The van der Waals surface area contributed by atoms with E-state index in [-0.39, 0.29) is 17.2 Å². The average Bonchev–Trinajstić information content (AvgIpc) is 2.49. The minimum Gasteiger partial charge on any atom is -0.505 e. The van der Waals surface area contributed by atoms with Crippen molar-refractivity contribution in [2.45, 2.75) is 6.92 Å². The van der Waals surface area contributed by atoms with Gasteiger partial charge in [0.2, 0.25) is 0 Å². The number of benzene rings is 2. The van der Waals surface area contributed by atoms with E-state index in [1.165, 1.54) is 6.92 Å². The van der Waals surface area contributed by atoms with E-state index in [9.17, 15) is 9.90 Å². The molecule has 0 saturated heterocycles. The molecule has 0 amide bonds. The van der Waals surface area contributed by atoms with E-state index in [0.717, 1.165) is 0 Å². The number of nitrogens with zero attached hydrogens (tertiary/aromatic N) is 2. The summed E-state index contributed by atoms with van der Waals surface area (Å²) in [4.78, 5) is 11.6. The molecule has 2 rings (SSSR count). The molecule has 0 spiro atoms. The summed E-state index contributed by atoms with van der Waals surface area (Å²) in [7, 11) is 0. The number of rotatable bonds is 4. The van der Waals surface area contributed by atoms with Gasteiger partial charge in [-0.15, -0.1) is 5.11 Å². The summed E-state index contributed by atoms with van der Waals surface area (Å²) in [5.74, 6) is -0.560. The van der Waals surface area contributed by atoms with Gasteiger partial charge in [-0.1, -0.05) is 41.9 Å². The maximum atomic E-state index is 11.6. The van der Waals surface area contributed by atoms with Gasteiger partial charge in [-0.25, -0.2) is 0 Å². The van der Waals surface area contributed by atoms with Gasteiger partial charge in [0.15, 0.2) is 17.2 Å². The van der Waals surface area contributed by atoms with E-state index in [2.05, 4.69) is 10.2 Å². The van der Waals surface area contributed by atoms with Crippen molar-refractivity contribution in [2.75, 3.05) is 0 Å². The molecule has 0 radical (unpaired) electrons. The zero-order chi connectivity index (χ0) is 15.2. The molecule has 1 N–H and O–H groups in total. The fourth-order valence-corrected chi connectivity index (χ4v) is 1.76. The monoisotopic (exact) mass is 300 g/mol. The van der Waals surface area contributed by atoms with Crippen LogP contribution in [0, 0.1) is 0 Å². The molecule has 0 aromatic heterocycles. The summed E-state index contributed by atoms with van der Waals surface area (Å²) in [5.41, 5.74) is 0.966. The standard InChI is InChI=1S/C16H13ClN2O2/c1-11(20)15(16(21)12-5-3-2-4-6-12)19-18-14-9-7-13(17)8-10-14/h2-10,21H,1H3. The highest BCUT2D eigenvalue weighted by atomic mass is 35.5. The second-order valence-corrected chi connectivity index (χ2v) is 4.73. The van der Waals surface area contributed by atoms with E-state index in [1.54, 1.807) is 48.5 Å². The Bertz CT molecular complexity index is 692. The van der Waals surface area contributed by atoms with Crippen LogP contribution in [0.25, 0.3) is 5.76 Å². The fourth-order valence-electron chi connectivity index (χ4n) is 1.63. The van der Waals surface area contributed by atoms with E-state index in [4.69, 9.17) is 11.6 Å². The molecule has 0 aliphatic carbocycles. The van der Waals surface area contributed by atoms with Crippen molar-refractivity contribution in [3.63, 3.8) is 0 Å². The Hall–Kier alpha value is -2.46. The van der Waals surface area contributed by atoms with E-state index < -0.39 is 0 Å². The Morgan fingerprint density at radius 1 is 1.05 bits per heavy atom. The third kappa shape index (κ3) is 4.00. The van der Waals surface area contributed by atoms with Gasteiger partial charge in [-0.3, -0.25) is 4.79 Å². The lowest BCUT2D eigenvalue weighted by Crippen LogP contribution is -1.98. The first-order chi connectivity index (χ1) is 10.1. The van der Waals surface area contributed by atoms with Crippen LogP contribution in [0.15, 0.2) is 70.5 Å². The summed E-state index contributed by atoms with van der Waals surface area (Å²) < 4.78 is 0. The van der Waals surface area contributed by atoms with Gasteiger partial charge in [0.1, 0.15) is 0 Å².